The number of aromatic nitrogens is 1. The van der Waals surface area contributed by atoms with E-state index in [1.54, 1.807) is 0 Å². The van der Waals surface area contributed by atoms with Crippen molar-refractivity contribution >= 4 is 46.8 Å². The third kappa shape index (κ3) is 4.03. The number of anilines is 1. The van der Waals surface area contributed by atoms with Crippen molar-refractivity contribution in [1.29, 1.82) is 0 Å². The highest BCUT2D eigenvalue weighted by Gasteiger charge is 2.32. The van der Waals surface area contributed by atoms with Crippen LogP contribution in [0.25, 0.3) is 0 Å². The first-order chi connectivity index (χ1) is 10.3. The molecule has 0 unspecified atom stereocenters. The highest BCUT2D eigenvalue weighted by atomic mass is 35.5. The molecule has 2 aromatic rings. The van der Waals surface area contributed by atoms with E-state index in [1.807, 2.05) is 0 Å². The zero-order valence-corrected chi connectivity index (χ0v) is 12.9. The topological polar surface area (TPSA) is 37.3 Å². The molecular formula is C13H7Cl3F3N3. The van der Waals surface area contributed by atoms with Crippen molar-refractivity contribution < 1.29 is 13.2 Å². The molecule has 0 aliphatic carbocycles. The van der Waals surface area contributed by atoms with Gasteiger partial charge < -0.3 is 0 Å². The van der Waals surface area contributed by atoms with Gasteiger partial charge in [-0.3, -0.25) is 5.43 Å². The summed E-state index contributed by atoms with van der Waals surface area (Å²) in [5.41, 5.74) is 1.53. The van der Waals surface area contributed by atoms with Gasteiger partial charge in [-0.15, -0.1) is 0 Å². The zero-order chi connectivity index (χ0) is 16.3. The molecular weight excluding hydrogens is 362 g/mol. The average Bonchev–Trinajstić information content (AvgIpc) is 2.44. The van der Waals surface area contributed by atoms with Crippen LogP contribution in [0.5, 0.6) is 0 Å². The minimum atomic E-state index is -4.47. The van der Waals surface area contributed by atoms with Gasteiger partial charge in [0.2, 0.25) is 0 Å². The number of alkyl halides is 3. The monoisotopic (exact) mass is 367 g/mol. The Labute approximate surface area is 138 Å². The van der Waals surface area contributed by atoms with Crippen LogP contribution >= 0.6 is 34.8 Å². The third-order valence-corrected chi connectivity index (χ3v) is 3.49. The number of hydrazone groups is 1. The Balaban J connectivity index is 2.23. The molecule has 0 amide bonds. The summed E-state index contributed by atoms with van der Waals surface area (Å²) in [6.45, 7) is 0. The molecule has 9 heteroatoms. The van der Waals surface area contributed by atoms with Gasteiger partial charge in [0.1, 0.15) is 5.15 Å². The maximum atomic E-state index is 12.8. The molecule has 1 N–H and O–H groups in total. The number of nitrogens with one attached hydrogen (secondary N) is 1. The maximum Gasteiger partial charge on any atom is 0.417 e. The Bertz CT molecular complexity index is 717. The number of halogens is 6. The standard InChI is InChI=1S/C13H7Cl3F3N3/c14-9-5-10(15)12(21-11(9)16)22-20-6-7-3-1-2-4-8(7)13(17,18)19/h1-6H,(H,21,22). The second-order valence-corrected chi connectivity index (χ2v) is 5.22. The van der Waals surface area contributed by atoms with E-state index < -0.39 is 11.7 Å². The van der Waals surface area contributed by atoms with E-state index in [9.17, 15) is 13.2 Å². The molecule has 22 heavy (non-hydrogen) atoms. The van der Waals surface area contributed by atoms with Gasteiger partial charge in [-0.05, 0) is 12.1 Å². The minimum Gasteiger partial charge on any atom is -0.260 e. The molecule has 1 aromatic heterocycles. The van der Waals surface area contributed by atoms with Crippen LogP contribution < -0.4 is 5.43 Å². The molecule has 0 atom stereocenters. The van der Waals surface area contributed by atoms with E-state index in [4.69, 9.17) is 34.8 Å². The van der Waals surface area contributed by atoms with Gasteiger partial charge in [-0.1, -0.05) is 53.0 Å². The number of benzene rings is 1. The van der Waals surface area contributed by atoms with Crippen molar-refractivity contribution in [3.63, 3.8) is 0 Å². The van der Waals surface area contributed by atoms with E-state index >= 15 is 0 Å². The van der Waals surface area contributed by atoms with Crippen molar-refractivity contribution in [2.24, 2.45) is 5.10 Å². The molecule has 1 heterocycles. The summed E-state index contributed by atoms with van der Waals surface area (Å²) in [7, 11) is 0. The molecule has 0 spiro atoms. The molecule has 2 rings (SSSR count). The zero-order valence-electron chi connectivity index (χ0n) is 10.6. The van der Waals surface area contributed by atoms with E-state index in [0.717, 1.165) is 12.3 Å². The van der Waals surface area contributed by atoms with Crippen LogP contribution in [0.2, 0.25) is 15.2 Å². The SMILES string of the molecule is FC(F)(F)c1ccccc1C=NNc1nc(Cl)c(Cl)cc1Cl. The number of hydrogen-bond acceptors (Lipinski definition) is 3. The normalized spacial score (nSPS) is 11.9. The molecule has 0 fully saturated rings. The molecule has 0 saturated heterocycles. The summed E-state index contributed by atoms with van der Waals surface area (Å²) in [6, 6.07) is 6.37. The number of nitrogens with zero attached hydrogens (tertiary/aromatic N) is 2. The summed E-state index contributed by atoms with van der Waals surface area (Å²) in [5, 5.41) is 3.98. The van der Waals surface area contributed by atoms with Crippen LogP contribution in [0.15, 0.2) is 35.4 Å². The van der Waals surface area contributed by atoms with Crippen LogP contribution in [0.3, 0.4) is 0 Å². The first kappa shape index (κ1) is 16.9. The molecule has 0 aliphatic heterocycles. The second-order valence-electron chi connectivity index (χ2n) is 4.05. The van der Waals surface area contributed by atoms with E-state index in [2.05, 4.69) is 15.5 Å². The lowest BCUT2D eigenvalue weighted by Crippen LogP contribution is -2.09. The van der Waals surface area contributed by atoms with E-state index in [1.165, 1.54) is 24.3 Å². The Morgan fingerprint density at radius 3 is 2.45 bits per heavy atom. The predicted octanol–water partition coefficient (Wildman–Crippen LogP) is 5.51. The lowest BCUT2D eigenvalue weighted by molar-refractivity contribution is -0.137. The Morgan fingerprint density at radius 2 is 1.77 bits per heavy atom. The molecule has 1 aromatic carbocycles. The summed E-state index contributed by atoms with van der Waals surface area (Å²) in [6.07, 6.45) is -3.45. The molecule has 3 nitrogen and oxygen atoms in total. The van der Waals surface area contributed by atoms with Gasteiger partial charge >= 0.3 is 6.18 Å². The summed E-state index contributed by atoms with van der Waals surface area (Å²) >= 11 is 17.3. The fraction of sp³-hybridized carbons (Fsp3) is 0.0769. The van der Waals surface area contributed by atoms with Crippen molar-refractivity contribution in [3.8, 4) is 0 Å². The summed E-state index contributed by atoms with van der Waals surface area (Å²) in [5.74, 6) is 0.0804. The highest BCUT2D eigenvalue weighted by Crippen LogP contribution is 2.31. The van der Waals surface area contributed by atoms with Crippen molar-refractivity contribution in [2.75, 3.05) is 5.43 Å². The van der Waals surface area contributed by atoms with Crippen LogP contribution in [-0.2, 0) is 6.18 Å². The Morgan fingerprint density at radius 1 is 1.09 bits per heavy atom. The Hall–Kier alpha value is -1.50. The molecule has 0 bridgehead atoms. The number of hydrogen-bond donors (Lipinski definition) is 1. The molecule has 0 saturated carbocycles. The lowest BCUT2D eigenvalue weighted by atomic mass is 10.1. The van der Waals surface area contributed by atoms with Gasteiger partial charge in [0.15, 0.2) is 5.82 Å². The quantitative estimate of drug-likeness (QED) is 0.441. The third-order valence-electron chi connectivity index (χ3n) is 2.53. The van der Waals surface area contributed by atoms with Crippen molar-refractivity contribution in [1.82, 2.24) is 4.98 Å². The van der Waals surface area contributed by atoms with Crippen LogP contribution in [0, 0.1) is 0 Å². The fourth-order valence-corrected chi connectivity index (χ4v) is 2.09. The number of rotatable bonds is 3. The summed E-state index contributed by atoms with van der Waals surface area (Å²) in [4.78, 5) is 3.83. The molecule has 116 valence electrons. The average molecular weight is 369 g/mol. The second kappa shape index (κ2) is 6.73. The lowest BCUT2D eigenvalue weighted by Gasteiger charge is -2.09. The first-order valence-electron chi connectivity index (χ1n) is 5.76. The smallest absolute Gasteiger partial charge is 0.260 e. The fourth-order valence-electron chi connectivity index (χ4n) is 1.55. The van der Waals surface area contributed by atoms with Crippen LogP contribution in [0.4, 0.5) is 19.0 Å². The molecule has 0 radical (unpaired) electrons. The first-order valence-corrected chi connectivity index (χ1v) is 6.89. The van der Waals surface area contributed by atoms with Gasteiger partial charge in [0.25, 0.3) is 0 Å². The minimum absolute atomic E-state index is 0.000502. The maximum absolute atomic E-state index is 12.8. The van der Waals surface area contributed by atoms with Crippen LogP contribution in [0.1, 0.15) is 11.1 Å². The highest BCUT2D eigenvalue weighted by molar-refractivity contribution is 6.42. The van der Waals surface area contributed by atoms with Crippen molar-refractivity contribution in [3.05, 3.63) is 56.7 Å². The molecule has 0 aliphatic rings. The summed E-state index contributed by atoms with van der Waals surface area (Å²) < 4.78 is 38.4. The van der Waals surface area contributed by atoms with Gasteiger partial charge in [0.05, 0.1) is 21.8 Å². The van der Waals surface area contributed by atoms with Crippen molar-refractivity contribution in [2.45, 2.75) is 6.18 Å². The van der Waals surface area contributed by atoms with Crippen LogP contribution in [-0.4, -0.2) is 11.2 Å². The van der Waals surface area contributed by atoms with Gasteiger partial charge in [-0.2, -0.15) is 18.3 Å². The Kier molecular flexibility index (Phi) is 5.16. The van der Waals surface area contributed by atoms with Gasteiger partial charge in [-0.25, -0.2) is 4.98 Å². The number of pyridine rings is 1. The van der Waals surface area contributed by atoms with E-state index in [-0.39, 0.29) is 26.6 Å². The van der Waals surface area contributed by atoms with Gasteiger partial charge in [0, 0.05) is 5.56 Å². The van der Waals surface area contributed by atoms with E-state index in [0.29, 0.717) is 0 Å². The predicted molar refractivity (Wildman–Crippen MR) is 81.9 cm³/mol. The largest absolute Gasteiger partial charge is 0.417 e.